The van der Waals surface area contributed by atoms with Crippen molar-refractivity contribution in [3.63, 3.8) is 0 Å². The Kier molecular flexibility index (Phi) is 6.39. The molecule has 2 saturated heterocycles. The summed E-state index contributed by atoms with van der Waals surface area (Å²) in [4.78, 5) is 15.2. The molecular weight excluding hydrogens is 443 g/mol. The van der Waals surface area contributed by atoms with E-state index >= 15 is 0 Å². The number of rotatable bonds is 4. The van der Waals surface area contributed by atoms with Crippen LogP contribution in [0.4, 0.5) is 0 Å². The second-order valence-electron chi connectivity index (χ2n) is 7.83. The fraction of sp³-hybridized carbons (Fsp3) is 0.409. The van der Waals surface area contributed by atoms with Gasteiger partial charge >= 0.3 is 0 Å². The van der Waals surface area contributed by atoms with E-state index in [0.29, 0.717) is 12.8 Å². The molecule has 2 heterocycles. The Bertz CT molecular complexity index is 1000. The summed E-state index contributed by atoms with van der Waals surface area (Å²) in [6.07, 6.45) is 2.95. The van der Waals surface area contributed by atoms with Crippen molar-refractivity contribution in [3.8, 4) is 0 Å². The highest BCUT2D eigenvalue weighted by atomic mass is 35.5. The smallest absolute Gasteiger partial charge is 0.246 e. The molecule has 0 aromatic heterocycles. The minimum absolute atomic E-state index is 0.0539. The lowest BCUT2D eigenvalue weighted by atomic mass is 9.95. The summed E-state index contributed by atoms with van der Waals surface area (Å²) in [5, 5.41) is 0.229. The van der Waals surface area contributed by atoms with Crippen molar-refractivity contribution < 1.29 is 13.2 Å². The molecule has 2 aliphatic rings. The molecule has 0 N–H and O–H groups in total. The molecule has 2 aliphatic heterocycles. The lowest BCUT2D eigenvalue weighted by Crippen LogP contribution is -2.44. The van der Waals surface area contributed by atoms with Crippen molar-refractivity contribution in [2.24, 2.45) is 5.92 Å². The van der Waals surface area contributed by atoms with Crippen LogP contribution >= 0.6 is 23.2 Å². The SMILES string of the molecule is O=C(C1CCN(S(=O)(=O)c2c(Cl)cccc2Cl)CC1)N1CCC[C@H]1c1ccccc1. The van der Waals surface area contributed by atoms with Crippen molar-refractivity contribution in [2.45, 2.75) is 36.6 Å². The Labute approximate surface area is 187 Å². The summed E-state index contributed by atoms with van der Waals surface area (Å²) in [7, 11) is -3.80. The minimum atomic E-state index is -3.80. The van der Waals surface area contributed by atoms with Gasteiger partial charge in [-0.3, -0.25) is 4.79 Å². The molecule has 0 aliphatic carbocycles. The summed E-state index contributed by atoms with van der Waals surface area (Å²) >= 11 is 12.2. The molecule has 2 aromatic carbocycles. The molecular formula is C22H24Cl2N2O3S. The first-order valence-corrected chi connectivity index (χ1v) is 12.4. The van der Waals surface area contributed by atoms with Crippen LogP contribution in [0.5, 0.6) is 0 Å². The zero-order valence-corrected chi connectivity index (χ0v) is 18.8. The summed E-state index contributed by atoms with van der Waals surface area (Å²) in [5.74, 6) is -0.0309. The van der Waals surface area contributed by atoms with Gasteiger partial charge < -0.3 is 4.90 Å². The van der Waals surface area contributed by atoms with Crippen molar-refractivity contribution in [3.05, 3.63) is 64.1 Å². The van der Waals surface area contributed by atoms with E-state index in [9.17, 15) is 13.2 Å². The number of hydrogen-bond acceptors (Lipinski definition) is 3. The van der Waals surface area contributed by atoms with Gasteiger partial charge in [0.25, 0.3) is 0 Å². The van der Waals surface area contributed by atoms with Crippen molar-refractivity contribution in [2.75, 3.05) is 19.6 Å². The van der Waals surface area contributed by atoms with Gasteiger partial charge in [0.05, 0.1) is 16.1 Å². The minimum Gasteiger partial charge on any atom is -0.335 e. The lowest BCUT2D eigenvalue weighted by molar-refractivity contribution is -0.137. The number of halogens is 2. The predicted octanol–water partition coefficient (Wildman–Crippen LogP) is 4.76. The van der Waals surface area contributed by atoms with Crippen LogP contribution in [0.25, 0.3) is 0 Å². The molecule has 8 heteroatoms. The summed E-state index contributed by atoms with van der Waals surface area (Å²) in [6, 6.07) is 14.9. The second kappa shape index (κ2) is 8.87. The van der Waals surface area contributed by atoms with E-state index in [1.54, 1.807) is 6.07 Å². The van der Waals surface area contributed by atoms with Crippen LogP contribution in [0.1, 0.15) is 37.3 Å². The number of sulfonamides is 1. The molecule has 0 unspecified atom stereocenters. The molecule has 160 valence electrons. The van der Waals surface area contributed by atoms with Crippen molar-refractivity contribution in [1.82, 2.24) is 9.21 Å². The number of carbonyl (C=O) groups is 1. The largest absolute Gasteiger partial charge is 0.335 e. The van der Waals surface area contributed by atoms with Gasteiger partial charge in [0, 0.05) is 25.6 Å². The number of hydrogen-bond donors (Lipinski definition) is 0. The zero-order valence-electron chi connectivity index (χ0n) is 16.5. The second-order valence-corrected chi connectivity index (χ2v) is 10.5. The maximum atomic E-state index is 13.2. The van der Waals surface area contributed by atoms with Gasteiger partial charge in [-0.1, -0.05) is 59.6 Å². The fourth-order valence-electron chi connectivity index (χ4n) is 4.49. The Hall–Kier alpha value is -1.60. The van der Waals surface area contributed by atoms with E-state index in [2.05, 4.69) is 12.1 Å². The molecule has 30 heavy (non-hydrogen) atoms. The average Bonchev–Trinajstić information content (AvgIpc) is 3.23. The quantitative estimate of drug-likeness (QED) is 0.652. The van der Waals surface area contributed by atoms with Crippen LogP contribution in [-0.4, -0.2) is 43.2 Å². The average molecular weight is 467 g/mol. The first-order chi connectivity index (χ1) is 14.4. The molecule has 5 nitrogen and oxygen atoms in total. The summed E-state index contributed by atoms with van der Waals surface area (Å²) < 4.78 is 27.5. The van der Waals surface area contributed by atoms with Crippen molar-refractivity contribution in [1.29, 1.82) is 0 Å². The van der Waals surface area contributed by atoms with Crippen LogP contribution in [-0.2, 0) is 14.8 Å². The van der Waals surface area contributed by atoms with E-state index in [1.165, 1.54) is 16.4 Å². The molecule has 0 saturated carbocycles. The number of piperidine rings is 1. The Morgan fingerprint density at radius 3 is 2.13 bits per heavy atom. The molecule has 2 aromatic rings. The van der Waals surface area contributed by atoms with Crippen LogP contribution in [0.15, 0.2) is 53.4 Å². The maximum Gasteiger partial charge on any atom is 0.246 e. The third-order valence-corrected chi connectivity index (χ3v) is 8.89. The van der Waals surface area contributed by atoms with Crippen LogP contribution in [0, 0.1) is 5.92 Å². The first kappa shape index (κ1) is 21.6. The number of likely N-dealkylation sites (tertiary alicyclic amines) is 1. The molecule has 4 rings (SSSR count). The van der Waals surface area contributed by atoms with Crippen molar-refractivity contribution >= 4 is 39.1 Å². The van der Waals surface area contributed by atoms with Gasteiger partial charge in [0.2, 0.25) is 15.9 Å². The van der Waals surface area contributed by atoms with Gasteiger partial charge in [0.1, 0.15) is 4.90 Å². The van der Waals surface area contributed by atoms with Gasteiger partial charge in [-0.15, -0.1) is 0 Å². The van der Waals surface area contributed by atoms with Gasteiger partial charge in [-0.25, -0.2) is 8.42 Å². The summed E-state index contributed by atoms with van der Waals surface area (Å²) in [6.45, 7) is 1.32. The standard InChI is InChI=1S/C22H24Cl2N2O3S/c23-18-8-4-9-19(24)21(18)30(28,29)25-14-11-17(12-15-25)22(27)26-13-5-10-20(26)16-6-2-1-3-7-16/h1-4,6-9,17,20H,5,10-15H2/t20-/m0/s1. The Morgan fingerprint density at radius 2 is 1.50 bits per heavy atom. The highest BCUT2D eigenvalue weighted by molar-refractivity contribution is 7.89. The highest BCUT2D eigenvalue weighted by Gasteiger charge is 2.38. The third-order valence-electron chi connectivity index (χ3n) is 6.04. The van der Waals surface area contributed by atoms with Gasteiger partial charge in [-0.2, -0.15) is 4.31 Å². The monoisotopic (exact) mass is 466 g/mol. The molecule has 0 bridgehead atoms. The number of benzene rings is 2. The first-order valence-electron chi connectivity index (χ1n) is 10.2. The molecule has 1 atom stereocenters. The molecule has 0 spiro atoms. The van der Waals surface area contributed by atoms with Crippen LogP contribution in [0.3, 0.4) is 0 Å². The zero-order chi connectivity index (χ0) is 21.3. The molecule has 2 fully saturated rings. The fourth-order valence-corrected chi connectivity index (χ4v) is 7.05. The number of nitrogens with zero attached hydrogens (tertiary/aromatic N) is 2. The molecule has 0 radical (unpaired) electrons. The van der Waals surface area contributed by atoms with E-state index in [1.807, 2.05) is 23.1 Å². The number of amides is 1. The normalized spacial score (nSPS) is 21.1. The maximum absolute atomic E-state index is 13.2. The van der Waals surface area contributed by atoms with E-state index < -0.39 is 10.0 Å². The predicted molar refractivity (Wildman–Crippen MR) is 118 cm³/mol. The van der Waals surface area contributed by atoms with Crippen LogP contribution in [0.2, 0.25) is 10.0 Å². The van der Waals surface area contributed by atoms with Gasteiger partial charge in [0.15, 0.2) is 0 Å². The Balaban J connectivity index is 1.45. The Morgan fingerprint density at radius 1 is 0.867 bits per heavy atom. The van der Waals surface area contributed by atoms with E-state index in [4.69, 9.17) is 23.2 Å². The summed E-state index contributed by atoms with van der Waals surface area (Å²) in [5.41, 5.74) is 1.16. The van der Waals surface area contributed by atoms with Gasteiger partial charge in [-0.05, 0) is 43.4 Å². The lowest BCUT2D eigenvalue weighted by Gasteiger charge is -2.34. The highest BCUT2D eigenvalue weighted by Crippen LogP contribution is 2.36. The van der Waals surface area contributed by atoms with E-state index in [0.717, 1.165) is 24.9 Å². The topological polar surface area (TPSA) is 57.7 Å². The number of carbonyl (C=O) groups excluding carboxylic acids is 1. The van der Waals surface area contributed by atoms with Crippen LogP contribution < -0.4 is 0 Å². The third kappa shape index (κ3) is 4.11. The van der Waals surface area contributed by atoms with E-state index in [-0.39, 0.29) is 45.9 Å². The molecule has 1 amide bonds.